The van der Waals surface area contributed by atoms with E-state index in [0.717, 1.165) is 6.07 Å². The average Bonchev–Trinajstić information content (AvgIpc) is 1.97. The summed E-state index contributed by atoms with van der Waals surface area (Å²) in [5.41, 5.74) is 0. The zero-order chi connectivity index (χ0) is 8.59. The molecule has 1 aromatic carbocycles. The van der Waals surface area contributed by atoms with Gasteiger partial charge in [0.15, 0.2) is 17.2 Å². The fourth-order valence-corrected chi connectivity index (χ4v) is 1.03. The Morgan fingerprint density at radius 3 is 2.09 bits per heavy atom. The van der Waals surface area contributed by atoms with Crippen LogP contribution in [0, 0.1) is 0 Å². The van der Waals surface area contributed by atoms with Gasteiger partial charge in [-0.15, -0.1) is 0 Å². The van der Waals surface area contributed by atoms with Gasteiger partial charge < -0.3 is 15.3 Å². The number of benzene rings is 1. The number of rotatable bonds is 0. The third-order valence-electron chi connectivity index (χ3n) is 1.15. The van der Waals surface area contributed by atoms with Crippen molar-refractivity contribution in [3.05, 3.63) is 16.1 Å². The van der Waals surface area contributed by atoms with Crippen LogP contribution in [-0.2, 0) is 0 Å². The summed E-state index contributed by atoms with van der Waals surface area (Å²) in [6.45, 7) is 0. The molecular weight excluding hydrogens is 191 g/mol. The Kier molecular flexibility index (Phi) is 2.02. The predicted molar refractivity (Wildman–Crippen MR) is 41.5 cm³/mol. The summed E-state index contributed by atoms with van der Waals surface area (Å²) in [5, 5.41) is 26.3. The molecule has 0 bridgehead atoms. The average molecular weight is 195 g/mol. The van der Waals surface area contributed by atoms with Crippen LogP contribution in [0.3, 0.4) is 0 Å². The highest BCUT2D eigenvalue weighted by molar-refractivity contribution is 6.38. The second-order valence-corrected chi connectivity index (χ2v) is 2.67. The van der Waals surface area contributed by atoms with E-state index in [1.165, 1.54) is 0 Å². The van der Waals surface area contributed by atoms with E-state index in [4.69, 9.17) is 38.5 Å². The van der Waals surface area contributed by atoms with Gasteiger partial charge in [0.1, 0.15) is 5.02 Å². The first-order valence-corrected chi connectivity index (χ1v) is 3.38. The lowest BCUT2D eigenvalue weighted by Gasteiger charge is -2.03. The molecule has 0 spiro atoms. The molecule has 1 aromatic rings. The normalized spacial score (nSPS) is 10.0. The molecule has 3 nitrogen and oxygen atoms in total. The molecule has 11 heavy (non-hydrogen) atoms. The lowest BCUT2D eigenvalue weighted by atomic mass is 10.3. The van der Waals surface area contributed by atoms with Gasteiger partial charge >= 0.3 is 0 Å². The molecule has 0 radical (unpaired) electrons. The standard InChI is InChI=1S/C6H4Cl2O3/c7-2-1-3(9)6(11)4(8)5(2)10/h1,9-11H. The molecule has 0 amide bonds. The number of phenols is 3. The fraction of sp³-hybridized carbons (Fsp3) is 0. The summed E-state index contributed by atoms with van der Waals surface area (Å²) in [5.74, 6) is -1.48. The Labute approximate surface area is 72.4 Å². The predicted octanol–water partition coefficient (Wildman–Crippen LogP) is 2.11. The molecule has 0 aliphatic carbocycles. The van der Waals surface area contributed by atoms with Gasteiger partial charge in [-0.05, 0) is 0 Å². The second kappa shape index (κ2) is 2.68. The molecular formula is C6H4Cl2O3. The molecule has 0 saturated carbocycles. The van der Waals surface area contributed by atoms with Crippen LogP contribution >= 0.6 is 23.2 Å². The van der Waals surface area contributed by atoms with Crippen LogP contribution in [0.1, 0.15) is 0 Å². The van der Waals surface area contributed by atoms with Crippen molar-refractivity contribution in [2.75, 3.05) is 0 Å². The second-order valence-electron chi connectivity index (χ2n) is 1.89. The molecule has 0 aromatic heterocycles. The highest BCUT2D eigenvalue weighted by Gasteiger charge is 2.13. The van der Waals surface area contributed by atoms with Crippen molar-refractivity contribution in [3.8, 4) is 17.2 Å². The van der Waals surface area contributed by atoms with E-state index in [1.807, 2.05) is 0 Å². The lowest BCUT2D eigenvalue weighted by molar-refractivity contribution is 0.397. The maximum absolute atomic E-state index is 8.98. The highest BCUT2D eigenvalue weighted by Crippen LogP contribution is 2.43. The van der Waals surface area contributed by atoms with Gasteiger partial charge in [-0.3, -0.25) is 0 Å². The van der Waals surface area contributed by atoms with Gasteiger partial charge in [0.05, 0.1) is 5.02 Å². The van der Waals surface area contributed by atoms with Crippen molar-refractivity contribution in [3.63, 3.8) is 0 Å². The molecule has 0 unspecified atom stereocenters. The molecule has 0 heterocycles. The first-order valence-electron chi connectivity index (χ1n) is 2.63. The monoisotopic (exact) mass is 194 g/mol. The van der Waals surface area contributed by atoms with E-state index in [9.17, 15) is 0 Å². The van der Waals surface area contributed by atoms with Gasteiger partial charge in [0, 0.05) is 6.07 Å². The zero-order valence-corrected chi connectivity index (χ0v) is 6.69. The molecule has 1 rings (SSSR count). The quantitative estimate of drug-likeness (QED) is 0.438. The van der Waals surface area contributed by atoms with Crippen LogP contribution in [0.15, 0.2) is 6.07 Å². The number of hydrogen-bond acceptors (Lipinski definition) is 3. The Bertz CT molecular complexity index is 272. The summed E-state index contributed by atoms with van der Waals surface area (Å²) in [6, 6.07) is 0.998. The summed E-state index contributed by atoms with van der Waals surface area (Å²) in [7, 11) is 0. The number of aromatic hydroxyl groups is 3. The Hall–Kier alpha value is -0.800. The van der Waals surface area contributed by atoms with Crippen LogP contribution in [0.25, 0.3) is 0 Å². The molecule has 60 valence electrons. The summed E-state index contributed by atoms with van der Waals surface area (Å²) in [6.07, 6.45) is 0. The Morgan fingerprint density at radius 2 is 1.55 bits per heavy atom. The summed E-state index contributed by atoms with van der Waals surface area (Å²) in [4.78, 5) is 0. The van der Waals surface area contributed by atoms with Crippen molar-refractivity contribution in [2.24, 2.45) is 0 Å². The Morgan fingerprint density at radius 1 is 1.00 bits per heavy atom. The van der Waals surface area contributed by atoms with Crippen LogP contribution in [-0.4, -0.2) is 15.3 Å². The first-order chi connectivity index (χ1) is 5.04. The van der Waals surface area contributed by atoms with Crippen molar-refractivity contribution < 1.29 is 15.3 Å². The zero-order valence-electron chi connectivity index (χ0n) is 5.17. The van der Waals surface area contributed by atoms with Gasteiger partial charge in [0.2, 0.25) is 0 Å². The summed E-state index contributed by atoms with van der Waals surface area (Å²) < 4.78 is 0. The van der Waals surface area contributed by atoms with Crippen LogP contribution in [0.5, 0.6) is 17.2 Å². The maximum atomic E-state index is 8.98. The molecule has 0 aliphatic rings. The molecule has 0 atom stereocenters. The minimum absolute atomic E-state index is 0.106. The molecule has 0 saturated heterocycles. The topological polar surface area (TPSA) is 60.7 Å². The minimum Gasteiger partial charge on any atom is -0.505 e. The van der Waals surface area contributed by atoms with E-state index in [2.05, 4.69) is 0 Å². The lowest BCUT2D eigenvalue weighted by Crippen LogP contribution is -1.74. The SMILES string of the molecule is Oc1cc(Cl)c(O)c(Cl)c1O. The number of halogens is 2. The smallest absolute Gasteiger partial charge is 0.180 e. The van der Waals surface area contributed by atoms with Gasteiger partial charge in [-0.25, -0.2) is 0 Å². The number of hydrogen-bond donors (Lipinski definition) is 3. The number of phenolic OH excluding ortho intramolecular Hbond substituents is 3. The van der Waals surface area contributed by atoms with Gasteiger partial charge in [0.25, 0.3) is 0 Å². The largest absolute Gasteiger partial charge is 0.505 e. The fourth-order valence-electron chi connectivity index (χ4n) is 0.586. The highest BCUT2D eigenvalue weighted by atomic mass is 35.5. The van der Waals surface area contributed by atoms with Crippen molar-refractivity contribution in [1.82, 2.24) is 0 Å². The van der Waals surface area contributed by atoms with Crippen molar-refractivity contribution in [1.29, 1.82) is 0 Å². The van der Waals surface area contributed by atoms with Crippen LogP contribution < -0.4 is 0 Å². The van der Waals surface area contributed by atoms with Gasteiger partial charge in [-0.1, -0.05) is 23.2 Å². The molecule has 3 N–H and O–H groups in total. The molecule has 5 heteroatoms. The van der Waals surface area contributed by atoms with Crippen LogP contribution in [0.4, 0.5) is 0 Å². The van der Waals surface area contributed by atoms with E-state index in [-0.39, 0.29) is 10.0 Å². The van der Waals surface area contributed by atoms with Crippen molar-refractivity contribution in [2.45, 2.75) is 0 Å². The first kappa shape index (κ1) is 8.30. The maximum Gasteiger partial charge on any atom is 0.180 e. The third-order valence-corrected chi connectivity index (χ3v) is 1.79. The van der Waals surface area contributed by atoms with Crippen molar-refractivity contribution >= 4 is 23.2 Å². The van der Waals surface area contributed by atoms with Gasteiger partial charge in [-0.2, -0.15) is 0 Å². The van der Waals surface area contributed by atoms with Crippen LogP contribution in [0.2, 0.25) is 10.0 Å². The third kappa shape index (κ3) is 1.29. The van der Waals surface area contributed by atoms with E-state index >= 15 is 0 Å². The molecule has 0 aliphatic heterocycles. The van der Waals surface area contributed by atoms with E-state index in [0.29, 0.717) is 0 Å². The summed E-state index contributed by atoms with van der Waals surface area (Å²) >= 11 is 10.7. The van der Waals surface area contributed by atoms with E-state index < -0.39 is 17.2 Å². The minimum atomic E-state index is -0.575. The molecule has 0 fully saturated rings. The Balaban J connectivity index is 3.46. The van der Waals surface area contributed by atoms with E-state index in [1.54, 1.807) is 0 Å².